The average molecular weight is 405 g/mol. The van der Waals surface area contributed by atoms with Crippen molar-refractivity contribution in [3.05, 3.63) is 64.0 Å². The summed E-state index contributed by atoms with van der Waals surface area (Å²) in [6.45, 7) is 4.94. The Kier molecular flexibility index (Phi) is 4.92. The lowest BCUT2D eigenvalue weighted by Gasteiger charge is -2.30. The molecule has 30 heavy (non-hydrogen) atoms. The predicted molar refractivity (Wildman–Crippen MR) is 110 cm³/mol. The van der Waals surface area contributed by atoms with E-state index in [1.807, 2.05) is 6.07 Å². The van der Waals surface area contributed by atoms with Gasteiger partial charge in [0.15, 0.2) is 17.3 Å². The van der Waals surface area contributed by atoms with Gasteiger partial charge in [-0.05, 0) is 30.0 Å². The lowest BCUT2D eigenvalue weighted by Crippen LogP contribution is -2.38. The number of H-pyrrole nitrogens is 1. The lowest BCUT2D eigenvalue weighted by molar-refractivity contribution is 0.174. The molecule has 8 heteroatoms. The van der Waals surface area contributed by atoms with E-state index >= 15 is 0 Å². The number of benzene rings is 1. The van der Waals surface area contributed by atoms with Crippen LogP contribution in [-0.2, 0) is 19.4 Å². The van der Waals surface area contributed by atoms with Crippen molar-refractivity contribution in [3.8, 4) is 23.0 Å². The Bertz CT molecular complexity index is 1120. The van der Waals surface area contributed by atoms with E-state index in [0.29, 0.717) is 30.8 Å². The SMILES string of the molecule is C[C@H](Cc1ccc2c(c1)OCO2)CN1CCc2nc(-c3cnccn3)[nH]c(=O)c2C1. The van der Waals surface area contributed by atoms with Gasteiger partial charge in [-0.25, -0.2) is 9.97 Å². The minimum Gasteiger partial charge on any atom is -0.454 e. The fraction of sp³-hybridized carbons (Fsp3) is 0.364. The maximum Gasteiger partial charge on any atom is 0.255 e. The van der Waals surface area contributed by atoms with E-state index in [-0.39, 0.29) is 5.56 Å². The van der Waals surface area contributed by atoms with Gasteiger partial charge in [-0.2, -0.15) is 0 Å². The standard InChI is InChI=1S/C22H23N5O3/c1-14(8-15-2-3-19-20(9-15)30-13-29-19)11-27-7-4-17-16(12-27)22(28)26-21(25-17)18-10-23-5-6-24-18/h2-3,5-6,9-10,14H,4,7-8,11-13H2,1H3,(H,25,26,28)/t14-/m1/s1. The number of nitrogens with one attached hydrogen (secondary N) is 1. The van der Waals surface area contributed by atoms with Crippen LogP contribution in [-0.4, -0.2) is 44.7 Å². The fourth-order valence-electron chi connectivity index (χ4n) is 4.16. The molecule has 2 aromatic heterocycles. The highest BCUT2D eigenvalue weighted by molar-refractivity contribution is 5.47. The Balaban J connectivity index is 1.26. The second-order valence-electron chi connectivity index (χ2n) is 7.91. The van der Waals surface area contributed by atoms with E-state index < -0.39 is 0 Å². The van der Waals surface area contributed by atoms with Crippen molar-refractivity contribution in [2.45, 2.75) is 26.3 Å². The van der Waals surface area contributed by atoms with Crippen molar-refractivity contribution in [2.24, 2.45) is 5.92 Å². The number of nitrogens with zero attached hydrogens (tertiary/aromatic N) is 4. The molecule has 2 aliphatic rings. The smallest absolute Gasteiger partial charge is 0.255 e. The molecule has 0 radical (unpaired) electrons. The largest absolute Gasteiger partial charge is 0.454 e. The Hall–Kier alpha value is -3.26. The van der Waals surface area contributed by atoms with E-state index in [1.165, 1.54) is 5.56 Å². The second-order valence-corrected chi connectivity index (χ2v) is 7.91. The third-order valence-corrected chi connectivity index (χ3v) is 5.54. The molecule has 3 aromatic rings. The van der Waals surface area contributed by atoms with Gasteiger partial charge in [-0.1, -0.05) is 13.0 Å². The van der Waals surface area contributed by atoms with Gasteiger partial charge in [0.2, 0.25) is 6.79 Å². The molecule has 8 nitrogen and oxygen atoms in total. The molecular formula is C22H23N5O3. The molecule has 0 unspecified atom stereocenters. The summed E-state index contributed by atoms with van der Waals surface area (Å²) in [6.07, 6.45) is 6.50. The number of fused-ring (bicyclic) bond motifs is 2. The van der Waals surface area contributed by atoms with Gasteiger partial charge in [-0.15, -0.1) is 0 Å². The van der Waals surface area contributed by atoms with E-state index in [1.54, 1.807) is 18.6 Å². The Morgan fingerprint density at radius 1 is 1.23 bits per heavy atom. The van der Waals surface area contributed by atoms with Crippen LogP contribution >= 0.6 is 0 Å². The van der Waals surface area contributed by atoms with Crippen LogP contribution in [0, 0.1) is 5.92 Å². The maximum absolute atomic E-state index is 12.7. The predicted octanol–water partition coefficient (Wildman–Crippen LogP) is 2.19. The first kappa shape index (κ1) is 18.7. The topological polar surface area (TPSA) is 93.2 Å². The quantitative estimate of drug-likeness (QED) is 0.695. The Labute approximate surface area is 173 Å². The van der Waals surface area contributed by atoms with E-state index in [4.69, 9.17) is 9.47 Å². The maximum atomic E-state index is 12.7. The molecule has 0 fully saturated rings. The molecule has 0 amide bonds. The van der Waals surface area contributed by atoms with Gasteiger partial charge >= 0.3 is 0 Å². The summed E-state index contributed by atoms with van der Waals surface area (Å²) in [5.74, 6) is 2.56. The molecule has 0 saturated heterocycles. The van der Waals surface area contributed by atoms with E-state index in [0.717, 1.165) is 48.7 Å². The van der Waals surface area contributed by atoms with Gasteiger partial charge in [0, 0.05) is 38.4 Å². The van der Waals surface area contributed by atoms with Crippen LogP contribution in [0.3, 0.4) is 0 Å². The van der Waals surface area contributed by atoms with Crippen LogP contribution in [0.1, 0.15) is 23.7 Å². The molecule has 0 bridgehead atoms. The number of hydrogen-bond acceptors (Lipinski definition) is 7. The van der Waals surface area contributed by atoms with Crippen LogP contribution in [0.5, 0.6) is 11.5 Å². The highest BCUT2D eigenvalue weighted by Gasteiger charge is 2.23. The summed E-state index contributed by atoms with van der Waals surface area (Å²) in [7, 11) is 0. The normalized spacial score (nSPS) is 16.3. The van der Waals surface area contributed by atoms with Crippen molar-refractivity contribution in [2.75, 3.05) is 19.9 Å². The Morgan fingerprint density at radius 2 is 2.13 bits per heavy atom. The number of rotatable bonds is 5. The fourth-order valence-corrected chi connectivity index (χ4v) is 4.16. The summed E-state index contributed by atoms with van der Waals surface area (Å²) in [6, 6.07) is 6.13. The molecule has 2 aliphatic heterocycles. The summed E-state index contributed by atoms with van der Waals surface area (Å²) in [5, 5.41) is 0. The summed E-state index contributed by atoms with van der Waals surface area (Å²) >= 11 is 0. The molecule has 154 valence electrons. The highest BCUT2D eigenvalue weighted by atomic mass is 16.7. The van der Waals surface area contributed by atoms with Crippen molar-refractivity contribution in [1.29, 1.82) is 0 Å². The van der Waals surface area contributed by atoms with Crippen LogP contribution < -0.4 is 15.0 Å². The van der Waals surface area contributed by atoms with Crippen molar-refractivity contribution in [3.63, 3.8) is 0 Å². The van der Waals surface area contributed by atoms with Crippen molar-refractivity contribution < 1.29 is 9.47 Å². The summed E-state index contributed by atoms with van der Waals surface area (Å²) < 4.78 is 10.9. The number of hydrogen-bond donors (Lipinski definition) is 1. The van der Waals surface area contributed by atoms with Crippen LogP contribution in [0.2, 0.25) is 0 Å². The third-order valence-electron chi connectivity index (χ3n) is 5.54. The van der Waals surface area contributed by atoms with Gasteiger partial charge in [0.1, 0.15) is 5.69 Å². The zero-order valence-electron chi connectivity index (χ0n) is 16.8. The summed E-state index contributed by atoms with van der Waals surface area (Å²) in [4.78, 5) is 30.8. The molecular weight excluding hydrogens is 382 g/mol. The van der Waals surface area contributed by atoms with Gasteiger partial charge in [0.25, 0.3) is 5.56 Å². The minimum absolute atomic E-state index is 0.0891. The van der Waals surface area contributed by atoms with E-state index in [2.05, 4.69) is 43.9 Å². The number of ether oxygens (including phenoxy) is 2. The third kappa shape index (κ3) is 3.78. The van der Waals surface area contributed by atoms with Gasteiger partial charge < -0.3 is 14.5 Å². The zero-order chi connectivity index (χ0) is 20.5. The molecule has 4 heterocycles. The van der Waals surface area contributed by atoms with Crippen LogP contribution in [0.4, 0.5) is 0 Å². The Morgan fingerprint density at radius 3 is 3.00 bits per heavy atom. The molecule has 0 spiro atoms. The average Bonchev–Trinajstić information content (AvgIpc) is 3.22. The zero-order valence-corrected chi connectivity index (χ0v) is 16.8. The monoisotopic (exact) mass is 405 g/mol. The molecule has 5 rings (SSSR count). The number of aromatic amines is 1. The van der Waals surface area contributed by atoms with Crippen LogP contribution in [0.15, 0.2) is 41.6 Å². The molecule has 1 N–H and O–H groups in total. The van der Waals surface area contributed by atoms with Crippen molar-refractivity contribution >= 4 is 0 Å². The van der Waals surface area contributed by atoms with Crippen molar-refractivity contribution in [1.82, 2.24) is 24.8 Å². The van der Waals surface area contributed by atoms with Crippen LogP contribution in [0.25, 0.3) is 11.5 Å². The van der Waals surface area contributed by atoms with E-state index in [9.17, 15) is 4.79 Å². The first-order chi connectivity index (χ1) is 14.7. The number of aromatic nitrogens is 4. The first-order valence-electron chi connectivity index (χ1n) is 10.1. The van der Waals surface area contributed by atoms with Gasteiger partial charge in [-0.3, -0.25) is 14.7 Å². The lowest BCUT2D eigenvalue weighted by atomic mass is 9.98. The molecule has 1 aromatic carbocycles. The van der Waals surface area contributed by atoms with Gasteiger partial charge in [0.05, 0.1) is 17.5 Å². The second kappa shape index (κ2) is 7.87. The summed E-state index contributed by atoms with van der Waals surface area (Å²) in [5.41, 5.74) is 3.34. The molecule has 0 aliphatic carbocycles. The first-order valence-corrected chi connectivity index (χ1v) is 10.1. The molecule has 0 saturated carbocycles. The minimum atomic E-state index is -0.0891. The highest BCUT2D eigenvalue weighted by Crippen LogP contribution is 2.33. The molecule has 1 atom stereocenters.